The molecule has 0 N–H and O–H groups in total. The minimum Gasteiger partial charge on any atom is -0.496 e. The van der Waals surface area contributed by atoms with Gasteiger partial charge in [0.05, 0.1) is 11.6 Å². The van der Waals surface area contributed by atoms with Gasteiger partial charge in [-0.15, -0.1) is 0 Å². The summed E-state index contributed by atoms with van der Waals surface area (Å²) in [7, 11) is 1.66. The fourth-order valence-corrected chi connectivity index (χ4v) is 2.56. The predicted molar refractivity (Wildman–Crippen MR) is 71.8 cm³/mol. The highest BCUT2D eigenvalue weighted by Gasteiger charge is 2.08. The fraction of sp³-hybridized carbons (Fsp3) is 0.417. The van der Waals surface area contributed by atoms with E-state index in [4.69, 9.17) is 10.00 Å². The number of halogens is 1. The van der Waals surface area contributed by atoms with Crippen molar-refractivity contribution in [2.45, 2.75) is 19.3 Å². The summed E-state index contributed by atoms with van der Waals surface area (Å²) in [6.45, 7) is 2.17. The molecule has 0 saturated carbocycles. The van der Waals surface area contributed by atoms with Crippen LogP contribution in [-0.2, 0) is 0 Å². The van der Waals surface area contributed by atoms with E-state index in [0.29, 0.717) is 5.92 Å². The zero-order chi connectivity index (χ0) is 12.0. The van der Waals surface area contributed by atoms with E-state index in [1.54, 1.807) is 7.11 Å². The smallest absolute Gasteiger partial charge is 0.133 e. The molecular formula is C12H14BrNOS. The topological polar surface area (TPSA) is 33.0 Å². The van der Waals surface area contributed by atoms with Crippen LogP contribution in [-0.4, -0.2) is 12.9 Å². The summed E-state index contributed by atoms with van der Waals surface area (Å²) in [6, 6.07) is 6.12. The van der Waals surface area contributed by atoms with E-state index in [9.17, 15) is 0 Å². The largest absolute Gasteiger partial charge is 0.496 e. The Morgan fingerprint density at radius 3 is 2.88 bits per heavy atom. The van der Waals surface area contributed by atoms with E-state index >= 15 is 0 Å². The van der Waals surface area contributed by atoms with Gasteiger partial charge in [-0.3, -0.25) is 0 Å². The van der Waals surface area contributed by atoms with E-state index in [1.165, 1.54) is 17.3 Å². The van der Waals surface area contributed by atoms with Gasteiger partial charge in [0.2, 0.25) is 0 Å². The Kier molecular flexibility index (Phi) is 5.72. The lowest BCUT2D eigenvalue weighted by atomic mass is 9.99. The molecule has 0 fully saturated rings. The Labute approximate surface area is 109 Å². The first-order valence-electron chi connectivity index (χ1n) is 5.03. The Morgan fingerprint density at radius 2 is 2.31 bits per heavy atom. The minimum atomic E-state index is 0.461. The number of rotatable bonds is 5. The Morgan fingerprint density at radius 1 is 1.56 bits per heavy atom. The second-order valence-electron chi connectivity index (χ2n) is 3.52. The monoisotopic (exact) mass is 299 g/mol. The van der Waals surface area contributed by atoms with Crippen LogP contribution >= 0.6 is 27.7 Å². The molecule has 1 aromatic rings. The summed E-state index contributed by atoms with van der Waals surface area (Å²) in [5.74, 6) is 2.19. The molecule has 0 heterocycles. The lowest BCUT2D eigenvalue weighted by Gasteiger charge is -2.12. The summed E-state index contributed by atoms with van der Waals surface area (Å²) in [5, 5.41) is 10.5. The van der Waals surface area contributed by atoms with Crippen molar-refractivity contribution in [3.63, 3.8) is 0 Å². The molecule has 0 amide bonds. The first kappa shape index (κ1) is 13.4. The number of benzene rings is 1. The van der Waals surface area contributed by atoms with E-state index in [2.05, 4.69) is 40.4 Å². The van der Waals surface area contributed by atoms with Crippen molar-refractivity contribution >= 4 is 27.7 Å². The molecule has 0 aliphatic heterocycles. The zero-order valence-electron chi connectivity index (χ0n) is 9.37. The van der Waals surface area contributed by atoms with Crippen LogP contribution in [0.5, 0.6) is 5.75 Å². The number of hydrogen-bond acceptors (Lipinski definition) is 3. The molecule has 0 aromatic heterocycles. The van der Waals surface area contributed by atoms with Crippen LogP contribution in [0.25, 0.3) is 0 Å². The van der Waals surface area contributed by atoms with Crippen LogP contribution in [0.1, 0.15) is 24.8 Å². The molecule has 0 saturated heterocycles. The molecule has 0 aliphatic carbocycles. The van der Waals surface area contributed by atoms with Crippen molar-refractivity contribution in [2.75, 3.05) is 12.9 Å². The number of thiocyanates is 1. The van der Waals surface area contributed by atoms with Crippen molar-refractivity contribution in [3.05, 3.63) is 28.2 Å². The SMILES string of the molecule is COc1ccc(C(C)CCSC#N)cc1Br. The van der Waals surface area contributed by atoms with Gasteiger partial charge in [0.25, 0.3) is 0 Å². The van der Waals surface area contributed by atoms with Gasteiger partial charge in [0.15, 0.2) is 0 Å². The van der Waals surface area contributed by atoms with Crippen molar-refractivity contribution < 1.29 is 4.74 Å². The number of hydrogen-bond donors (Lipinski definition) is 0. The maximum absolute atomic E-state index is 8.45. The maximum Gasteiger partial charge on any atom is 0.133 e. The molecule has 0 bridgehead atoms. The van der Waals surface area contributed by atoms with Crippen LogP contribution < -0.4 is 4.74 Å². The summed E-state index contributed by atoms with van der Waals surface area (Å²) < 4.78 is 6.16. The molecule has 0 spiro atoms. The van der Waals surface area contributed by atoms with Gasteiger partial charge in [-0.1, -0.05) is 13.0 Å². The van der Waals surface area contributed by atoms with Crippen LogP contribution in [0.4, 0.5) is 0 Å². The third-order valence-electron chi connectivity index (χ3n) is 2.46. The van der Waals surface area contributed by atoms with E-state index in [0.717, 1.165) is 22.4 Å². The highest BCUT2D eigenvalue weighted by Crippen LogP contribution is 2.30. The van der Waals surface area contributed by atoms with Crippen molar-refractivity contribution in [3.8, 4) is 11.2 Å². The van der Waals surface area contributed by atoms with Gasteiger partial charge in [-0.2, -0.15) is 5.26 Å². The zero-order valence-corrected chi connectivity index (χ0v) is 11.8. The second kappa shape index (κ2) is 6.82. The molecule has 1 unspecified atom stereocenters. The number of ether oxygens (including phenoxy) is 1. The van der Waals surface area contributed by atoms with Gasteiger partial charge in [0, 0.05) is 5.75 Å². The number of methoxy groups -OCH3 is 1. The molecule has 2 nitrogen and oxygen atoms in total. The maximum atomic E-state index is 8.45. The molecule has 1 aromatic carbocycles. The van der Waals surface area contributed by atoms with Crippen molar-refractivity contribution in [1.29, 1.82) is 5.26 Å². The van der Waals surface area contributed by atoms with Gasteiger partial charge in [-0.05, 0) is 57.7 Å². The Bertz CT molecular complexity index is 389. The molecule has 86 valence electrons. The number of nitriles is 1. The summed E-state index contributed by atoms with van der Waals surface area (Å²) in [4.78, 5) is 0. The van der Waals surface area contributed by atoms with Crippen LogP contribution in [0.2, 0.25) is 0 Å². The first-order valence-corrected chi connectivity index (χ1v) is 6.81. The fourth-order valence-electron chi connectivity index (χ4n) is 1.44. The molecule has 0 radical (unpaired) electrons. The average molecular weight is 300 g/mol. The second-order valence-corrected chi connectivity index (χ2v) is 5.26. The van der Waals surface area contributed by atoms with Crippen LogP contribution in [0.3, 0.4) is 0 Å². The van der Waals surface area contributed by atoms with E-state index < -0.39 is 0 Å². The Balaban J connectivity index is 2.66. The molecule has 0 aliphatic rings. The quantitative estimate of drug-likeness (QED) is 0.604. The van der Waals surface area contributed by atoms with Crippen LogP contribution in [0.15, 0.2) is 22.7 Å². The first-order chi connectivity index (χ1) is 7.69. The summed E-state index contributed by atoms with van der Waals surface area (Å²) >= 11 is 4.79. The highest BCUT2D eigenvalue weighted by atomic mass is 79.9. The van der Waals surface area contributed by atoms with Gasteiger partial charge in [-0.25, -0.2) is 0 Å². The molecule has 1 atom stereocenters. The lowest BCUT2D eigenvalue weighted by Crippen LogP contribution is -1.96. The predicted octanol–water partition coefficient (Wildman–Crippen LogP) is 4.17. The van der Waals surface area contributed by atoms with Gasteiger partial charge < -0.3 is 4.74 Å². The third kappa shape index (κ3) is 3.73. The summed E-state index contributed by atoms with van der Waals surface area (Å²) in [6.07, 6.45) is 1.01. The number of thioether (sulfide) groups is 1. The van der Waals surface area contributed by atoms with E-state index in [-0.39, 0.29) is 0 Å². The third-order valence-corrected chi connectivity index (χ3v) is 3.65. The molecule has 4 heteroatoms. The molecule has 16 heavy (non-hydrogen) atoms. The van der Waals surface area contributed by atoms with Crippen molar-refractivity contribution in [1.82, 2.24) is 0 Å². The highest BCUT2D eigenvalue weighted by molar-refractivity contribution is 9.10. The normalized spacial score (nSPS) is 11.9. The number of nitrogens with zero attached hydrogens (tertiary/aromatic N) is 1. The lowest BCUT2D eigenvalue weighted by molar-refractivity contribution is 0.412. The average Bonchev–Trinajstić information content (AvgIpc) is 2.29. The molecular weight excluding hydrogens is 286 g/mol. The Hall–Kier alpha value is -0.660. The van der Waals surface area contributed by atoms with Gasteiger partial charge >= 0.3 is 0 Å². The minimum absolute atomic E-state index is 0.461. The van der Waals surface area contributed by atoms with Crippen LogP contribution in [0, 0.1) is 10.7 Å². The standard InChI is InChI=1S/C12H14BrNOS/c1-9(5-6-16-8-14)10-3-4-12(15-2)11(13)7-10/h3-4,7,9H,5-6H2,1-2H3. The van der Waals surface area contributed by atoms with E-state index in [1.807, 2.05) is 6.07 Å². The summed E-state index contributed by atoms with van der Waals surface area (Å²) in [5.41, 5.74) is 1.27. The van der Waals surface area contributed by atoms with Crippen molar-refractivity contribution in [2.24, 2.45) is 0 Å². The molecule has 1 rings (SSSR count). The van der Waals surface area contributed by atoms with Gasteiger partial charge in [0.1, 0.15) is 11.2 Å².